The third-order valence-electron chi connectivity index (χ3n) is 4.88. The molecule has 0 bridgehead atoms. The minimum Gasteiger partial charge on any atom is -0.493 e. The van der Waals surface area contributed by atoms with Gasteiger partial charge in [-0.05, 0) is 42.5 Å². The molecule has 3 aromatic carbocycles. The van der Waals surface area contributed by atoms with E-state index < -0.39 is 11.4 Å². The van der Waals surface area contributed by atoms with Crippen LogP contribution in [0.5, 0.6) is 11.5 Å². The molecule has 0 saturated heterocycles. The van der Waals surface area contributed by atoms with Crippen molar-refractivity contribution in [1.82, 2.24) is 9.55 Å². The summed E-state index contributed by atoms with van der Waals surface area (Å²) < 4.78 is 26.2. The van der Waals surface area contributed by atoms with E-state index in [-0.39, 0.29) is 22.4 Å². The van der Waals surface area contributed by atoms with Gasteiger partial charge in [-0.3, -0.25) is 14.2 Å². The van der Waals surface area contributed by atoms with E-state index in [9.17, 15) is 14.0 Å². The Bertz CT molecular complexity index is 1370. The zero-order valence-corrected chi connectivity index (χ0v) is 18.2. The zero-order valence-electron chi connectivity index (χ0n) is 17.4. The summed E-state index contributed by atoms with van der Waals surface area (Å²) in [5.74, 6) is 0.198. The van der Waals surface area contributed by atoms with E-state index in [1.807, 2.05) is 0 Å². The second-order valence-corrected chi connectivity index (χ2v) is 7.73. The summed E-state index contributed by atoms with van der Waals surface area (Å²) in [4.78, 5) is 30.6. The van der Waals surface area contributed by atoms with E-state index >= 15 is 0 Å². The molecule has 0 unspecified atom stereocenters. The molecule has 1 heterocycles. The molecule has 0 fully saturated rings. The summed E-state index contributed by atoms with van der Waals surface area (Å²) in [5, 5.41) is 0.596. The third-order valence-corrected chi connectivity index (χ3v) is 5.81. The lowest BCUT2D eigenvalue weighted by molar-refractivity contribution is 0.102. The number of thioether (sulfide) groups is 1. The van der Waals surface area contributed by atoms with Crippen molar-refractivity contribution in [3.8, 4) is 17.2 Å². The molecule has 0 spiro atoms. The van der Waals surface area contributed by atoms with Gasteiger partial charge in [-0.1, -0.05) is 36.0 Å². The Morgan fingerprint density at radius 1 is 1.00 bits per heavy atom. The molecule has 6 nitrogen and oxygen atoms in total. The van der Waals surface area contributed by atoms with Gasteiger partial charge in [0.15, 0.2) is 22.4 Å². The molecule has 32 heavy (non-hydrogen) atoms. The second-order valence-electron chi connectivity index (χ2n) is 6.79. The Morgan fingerprint density at radius 2 is 1.72 bits per heavy atom. The van der Waals surface area contributed by atoms with Crippen LogP contribution >= 0.6 is 11.8 Å². The summed E-state index contributed by atoms with van der Waals surface area (Å²) >= 11 is 1.07. The molecule has 0 aliphatic heterocycles. The zero-order chi connectivity index (χ0) is 22.7. The number of fused-ring (bicyclic) bond motifs is 1. The maximum atomic E-state index is 14.6. The van der Waals surface area contributed by atoms with E-state index in [0.717, 1.165) is 11.8 Å². The minimum absolute atomic E-state index is 0.00524. The van der Waals surface area contributed by atoms with Crippen LogP contribution in [0.15, 0.2) is 76.7 Å². The average molecular weight is 450 g/mol. The quantitative estimate of drug-likeness (QED) is 0.234. The van der Waals surface area contributed by atoms with Crippen molar-refractivity contribution in [1.29, 1.82) is 0 Å². The lowest BCUT2D eigenvalue weighted by Gasteiger charge is -2.14. The highest BCUT2D eigenvalue weighted by molar-refractivity contribution is 7.99. The number of halogens is 1. The number of ketones is 1. The first kappa shape index (κ1) is 21.6. The molecule has 0 aliphatic carbocycles. The molecule has 1 aromatic heterocycles. The maximum absolute atomic E-state index is 14.6. The topological polar surface area (TPSA) is 70.4 Å². The van der Waals surface area contributed by atoms with Crippen LogP contribution in [0.1, 0.15) is 10.4 Å². The Hall–Kier alpha value is -3.65. The number of ether oxygens (including phenoxy) is 2. The fourth-order valence-corrected chi connectivity index (χ4v) is 4.18. The number of methoxy groups -OCH3 is 2. The third kappa shape index (κ3) is 4.09. The molecule has 8 heteroatoms. The highest BCUT2D eigenvalue weighted by Crippen LogP contribution is 2.29. The Morgan fingerprint density at radius 3 is 2.47 bits per heavy atom. The highest BCUT2D eigenvalue weighted by atomic mass is 32.2. The molecular formula is C24H19FN2O4S. The van der Waals surface area contributed by atoms with Crippen LogP contribution in [-0.4, -0.2) is 35.3 Å². The van der Waals surface area contributed by atoms with Gasteiger partial charge in [0, 0.05) is 5.56 Å². The number of nitrogens with zero attached hydrogens (tertiary/aromatic N) is 2. The molecule has 4 rings (SSSR count). The van der Waals surface area contributed by atoms with E-state index in [2.05, 4.69) is 4.98 Å². The number of hydrogen-bond acceptors (Lipinski definition) is 6. The lowest BCUT2D eigenvalue weighted by atomic mass is 10.1. The second kappa shape index (κ2) is 9.23. The molecule has 4 aromatic rings. The number of aromatic nitrogens is 2. The Labute approximate surface area is 187 Å². The number of carbonyl (C=O) groups excluding carboxylic acids is 1. The summed E-state index contributed by atoms with van der Waals surface area (Å²) in [7, 11) is 3.01. The van der Waals surface area contributed by atoms with Gasteiger partial charge in [0.05, 0.1) is 36.6 Å². The van der Waals surface area contributed by atoms with Crippen molar-refractivity contribution in [2.75, 3.05) is 20.0 Å². The highest BCUT2D eigenvalue weighted by Gasteiger charge is 2.18. The first-order valence-electron chi connectivity index (χ1n) is 9.68. The number of benzene rings is 3. The van der Waals surface area contributed by atoms with E-state index in [0.29, 0.717) is 28.0 Å². The van der Waals surface area contributed by atoms with Crippen LogP contribution in [0.2, 0.25) is 0 Å². The fraction of sp³-hybridized carbons (Fsp3) is 0.125. The van der Waals surface area contributed by atoms with Crippen LogP contribution in [0.3, 0.4) is 0 Å². The number of hydrogen-bond donors (Lipinski definition) is 0. The van der Waals surface area contributed by atoms with E-state index in [1.54, 1.807) is 54.6 Å². The first-order valence-corrected chi connectivity index (χ1v) is 10.7. The first-order chi connectivity index (χ1) is 15.5. The number of rotatable bonds is 7. The lowest BCUT2D eigenvalue weighted by Crippen LogP contribution is -2.23. The van der Waals surface area contributed by atoms with Gasteiger partial charge < -0.3 is 9.47 Å². The van der Waals surface area contributed by atoms with Gasteiger partial charge in [-0.2, -0.15) is 0 Å². The summed E-state index contributed by atoms with van der Waals surface area (Å²) in [5.41, 5.74) is 0.584. The Balaban J connectivity index is 1.73. The summed E-state index contributed by atoms with van der Waals surface area (Å²) in [6.07, 6.45) is 0. The number of Topliss-reactive ketones (excluding diaryl/α,β-unsaturated/α-hetero) is 1. The van der Waals surface area contributed by atoms with Crippen LogP contribution in [0, 0.1) is 5.82 Å². The average Bonchev–Trinajstić information content (AvgIpc) is 2.83. The predicted octanol–water partition coefficient (Wildman–Crippen LogP) is 4.52. The standard InChI is InChI=1S/C24H19FN2O4S/c1-30-21-12-11-15(13-22(21)31-2)20(28)14-32-24-26-18-9-5-3-7-16(18)23(29)27(24)19-10-6-4-8-17(19)25/h3-13H,14H2,1-2H3. The molecule has 0 aliphatic rings. The van der Waals surface area contributed by atoms with Gasteiger partial charge in [0.2, 0.25) is 0 Å². The van der Waals surface area contributed by atoms with E-state index in [4.69, 9.17) is 9.47 Å². The maximum Gasteiger partial charge on any atom is 0.266 e. The van der Waals surface area contributed by atoms with Gasteiger partial charge in [0.1, 0.15) is 5.82 Å². The SMILES string of the molecule is COc1ccc(C(=O)CSc2nc3ccccc3c(=O)n2-c2ccccc2F)cc1OC. The van der Waals surface area contributed by atoms with Crippen LogP contribution in [-0.2, 0) is 0 Å². The van der Waals surface area contributed by atoms with Crippen LogP contribution in [0.25, 0.3) is 16.6 Å². The van der Waals surface area contributed by atoms with Gasteiger partial charge >= 0.3 is 0 Å². The summed E-state index contributed by atoms with van der Waals surface area (Å²) in [6, 6.07) is 17.7. The molecule has 0 amide bonds. The van der Waals surface area contributed by atoms with Crippen molar-refractivity contribution < 1.29 is 18.7 Å². The number of para-hydroxylation sites is 2. The van der Waals surface area contributed by atoms with Crippen molar-refractivity contribution in [2.24, 2.45) is 0 Å². The van der Waals surface area contributed by atoms with Gasteiger partial charge in [0.25, 0.3) is 5.56 Å². The molecule has 162 valence electrons. The molecule has 0 radical (unpaired) electrons. The van der Waals surface area contributed by atoms with Crippen LogP contribution in [0.4, 0.5) is 4.39 Å². The molecular weight excluding hydrogens is 431 g/mol. The van der Waals surface area contributed by atoms with Crippen molar-refractivity contribution >= 4 is 28.4 Å². The van der Waals surface area contributed by atoms with Gasteiger partial charge in [-0.25, -0.2) is 9.37 Å². The summed E-state index contributed by atoms with van der Waals surface area (Å²) in [6.45, 7) is 0. The molecule has 0 N–H and O–H groups in total. The van der Waals surface area contributed by atoms with Gasteiger partial charge in [-0.15, -0.1) is 0 Å². The normalized spacial score (nSPS) is 10.8. The monoisotopic (exact) mass is 450 g/mol. The molecule has 0 atom stereocenters. The van der Waals surface area contributed by atoms with Crippen molar-refractivity contribution in [3.05, 3.63) is 88.5 Å². The van der Waals surface area contributed by atoms with Crippen LogP contribution < -0.4 is 15.0 Å². The van der Waals surface area contributed by atoms with Crippen molar-refractivity contribution in [3.63, 3.8) is 0 Å². The van der Waals surface area contributed by atoms with E-state index in [1.165, 1.54) is 30.9 Å². The predicted molar refractivity (Wildman–Crippen MR) is 122 cm³/mol. The van der Waals surface area contributed by atoms with Crippen molar-refractivity contribution in [2.45, 2.75) is 5.16 Å². The molecule has 0 saturated carbocycles. The fourth-order valence-electron chi connectivity index (χ4n) is 3.28. The number of carbonyl (C=O) groups is 1. The largest absolute Gasteiger partial charge is 0.493 e. The Kier molecular flexibility index (Phi) is 6.23. The minimum atomic E-state index is -0.556. The smallest absolute Gasteiger partial charge is 0.266 e.